The zero-order valence-electron chi connectivity index (χ0n) is 9.43. The van der Waals surface area contributed by atoms with E-state index in [1.165, 1.54) is 4.90 Å². The summed E-state index contributed by atoms with van der Waals surface area (Å²) in [4.78, 5) is 26.5. The second-order valence-corrected chi connectivity index (χ2v) is 4.11. The fourth-order valence-electron chi connectivity index (χ4n) is 1.75. The minimum atomic E-state index is -0.0545. The number of hydrogen-bond acceptors (Lipinski definition) is 2. The van der Waals surface area contributed by atoms with Crippen LogP contribution in [0.2, 0.25) is 0 Å². The van der Waals surface area contributed by atoms with E-state index in [1.54, 1.807) is 25.1 Å². The molecule has 1 aliphatic rings. The van der Waals surface area contributed by atoms with Crippen LogP contribution in [0.4, 0.5) is 0 Å². The number of likely N-dealkylation sites (N-methyl/N-ethyl adjacent to an activating group) is 1. The van der Waals surface area contributed by atoms with E-state index < -0.39 is 0 Å². The van der Waals surface area contributed by atoms with Crippen molar-refractivity contribution in [3.05, 3.63) is 35.4 Å². The number of nitrogens with zero attached hydrogens (tertiary/aromatic N) is 2. The third kappa shape index (κ3) is 1.78. The normalized spacial score (nSPS) is 13.9. The highest BCUT2D eigenvalue weighted by molar-refractivity contribution is 6.00. The van der Waals surface area contributed by atoms with Crippen molar-refractivity contribution < 1.29 is 9.59 Å². The van der Waals surface area contributed by atoms with Gasteiger partial charge in [-0.2, -0.15) is 0 Å². The zero-order chi connectivity index (χ0) is 11.7. The molecule has 4 heteroatoms. The van der Waals surface area contributed by atoms with Gasteiger partial charge in [-0.15, -0.1) is 0 Å². The van der Waals surface area contributed by atoms with Crippen molar-refractivity contribution in [3.8, 4) is 0 Å². The summed E-state index contributed by atoms with van der Waals surface area (Å²) < 4.78 is 0. The fourth-order valence-corrected chi connectivity index (χ4v) is 1.75. The summed E-state index contributed by atoms with van der Waals surface area (Å²) in [5.41, 5.74) is 1.72. The van der Waals surface area contributed by atoms with Gasteiger partial charge in [0.2, 0.25) is 5.91 Å². The van der Waals surface area contributed by atoms with E-state index in [1.807, 2.05) is 18.2 Å². The highest BCUT2D eigenvalue weighted by atomic mass is 16.2. The van der Waals surface area contributed by atoms with E-state index in [2.05, 4.69) is 0 Å². The van der Waals surface area contributed by atoms with Gasteiger partial charge in [0, 0.05) is 26.2 Å². The van der Waals surface area contributed by atoms with Gasteiger partial charge in [-0.3, -0.25) is 9.59 Å². The largest absolute Gasteiger partial charge is 0.347 e. The van der Waals surface area contributed by atoms with Gasteiger partial charge >= 0.3 is 0 Å². The fraction of sp³-hybridized carbons (Fsp3) is 0.333. The zero-order valence-corrected chi connectivity index (χ0v) is 9.43. The van der Waals surface area contributed by atoms with Crippen LogP contribution in [0.5, 0.6) is 0 Å². The van der Waals surface area contributed by atoms with Crippen molar-refractivity contribution in [3.63, 3.8) is 0 Å². The first-order valence-corrected chi connectivity index (χ1v) is 5.17. The Bertz CT molecular complexity index is 440. The molecule has 1 heterocycles. The molecule has 0 saturated carbocycles. The molecule has 0 fully saturated rings. The highest BCUT2D eigenvalue weighted by Gasteiger charge is 2.28. The molecular formula is C12H14N2O2. The van der Waals surface area contributed by atoms with Crippen LogP contribution in [-0.4, -0.2) is 42.3 Å². The van der Waals surface area contributed by atoms with Crippen molar-refractivity contribution in [1.82, 2.24) is 9.80 Å². The third-order valence-corrected chi connectivity index (χ3v) is 2.72. The van der Waals surface area contributed by atoms with E-state index in [9.17, 15) is 9.59 Å². The minimum Gasteiger partial charge on any atom is -0.347 e. The van der Waals surface area contributed by atoms with Gasteiger partial charge in [-0.25, -0.2) is 0 Å². The first-order chi connectivity index (χ1) is 7.59. The molecule has 0 N–H and O–H groups in total. The Morgan fingerprint density at radius 2 is 2.06 bits per heavy atom. The first kappa shape index (κ1) is 10.7. The maximum atomic E-state index is 11.9. The lowest BCUT2D eigenvalue weighted by atomic mass is 10.1. The summed E-state index contributed by atoms with van der Waals surface area (Å²) >= 11 is 0. The van der Waals surface area contributed by atoms with Crippen LogP contribution >= 0.6 is 0 Å². The predicted molar refractivity (Wildman–Crippen MR) is 59.9 cm³/mol. The SMILES string of the molecule is CN(C)C(=O)CN1Cc2ccccc2C1=O. The first-order valence-electron chi connectivity index (χ1n) is 5.17. The molecule has 1 aromatic rings. The monoisotopic (exact) mass is 218 g/mol. The number of benzene rings is 1. The summed E-state index contributed by atoms with van der Waals surface area (Å²) in [7, 11) is 3.38. The molecule has 16 heavy (non-hydrogen) atoms. The van der Waals surface area contributed by atoms with Crippen molar-refractivity contribution in [2.24, 2.45) is 0 Å². The van der Waals surface area contributed by atoms with Crippen molar-refractivity contribution in [1.29, 1.82) is 0 Å². The summed E-state index contributed by atoms with van der Waals surface area (Å²) in [6.07, 6.45) is 0. The average Bonchev–Trinajstić information content (AvgIpc) is 2.56. The Labute approximate surface area is 94.5 Å². The topological polar surface area (TPSA) is 40.6 Å². The van der Waals surface area contributed by atoms with Gasteiger partial charge in [0.05, 0.1) is 0 Å². The van der Waals surface area contributed by atoms with Gasteiger partial charge in [0.25, 0.3) is 5.91 Å². The molecule has 4 nitrogen and oxygen atoms in total. The molecule has 0 saturated heterocycles. The van der Waals surface area contributed by atoms with Crippen LogP contribution < -0.4 is 0 Å². The van der Waals surface area contributed by atoms with Gasteiger partial charge in [-0.1, -0.05) is 18.2 Å². The molecule has 2 rings (SSSR count). The van der Waals surface area contributed by atoms with Gasteiger partial charge in [0.15, 0.2) is 0 Å². The molecule has 2 amide bonds. The number of carbonyl (C=O) groups is 2. The maximum Gasteiger partial charge on any atom is 0.254 e. The van der Waals surface area contributed by atoms with Crippen molar-refractivity contribution >= 4 is 11.8 Å². The number of amides is 2. The van der Waals surface area contributed by atoms with Crippen LogP contribution in [0.1, 0.15) is 15.9 Å². The van der Waals surface area contributed by atoms with Crippen molar-refractivity contribution in [2.45, 2.75) is 6.54 Å². The van der Waals surface area contributed by atoms with Gasteiger partial charge < -0.3 is 9.80 Å². The predicted octanol–water partition coefficient (Wildman–Crippen LogP) is 0.731. The Kier molecular flexibility index (Phi) is 2.64. The molecule has 1 aliphatic heterocycles. The van der Waals surface area contributed by atoms with Gasteiger partial charge in [-0.05, 0) is 11.6 Å². The molecule has 0 radical (unpaired) electrons. The second kappa shape index (κ2) is 3.96. The van der Waals surface area contributed by atoms with Crippen molar-refractivity contribution in [2.75, 3.05) is 20.6 Å². The molecular weight excluding hydrogens is 204 g/mol. The summed E-state index contributed by atoms with van der Waals surface area (Å²) in [5, 5.41) is 0. The average molecular weight is 218 g/mol. The Balaban J connectivity index is 2.13. The summed E-state index contributed by atoms with van der Waals surface area (Å²) in [6, 6.07) is 7.47. The maximum absolute atomic E-state index is 11.9. The lowest BCUT2D eigenvalue weighted by Gasteiger charge is -2.17. The number of rotatable bonds is 2. The number of carbonyl (C=O) groups excluding carboxylic acids is 2. The Hall–Kier alpha value is -1.84. The summed E-state index contributed by atoms with van der Waals surface area (Å²) in [5.74, 6) is -0.105. The minimum absolute atomic E-state index is 0.0502. The lowest BCUT2D eigenvalue weighted by Crippen LogP contribution is -2.36. The molecule has 1 aromatic carbocycles. The molecule has 0 aromatic heterocycles. The molecule has 0 aliphatic carbocycles. The van der Waals surface area contributed by atoms with E-state index in [-0.39, 0.29) is 18.4 Å². The van der Waals surface area contributed by atoms with Gasteiger partial charge in [0.1, 0.15) is 6.54 Å². The molecule has 0 bridgehead atoms. The molecule has 0 spiro atoms. The molecule has 0 atom stereocenters. The smallest absolute Gasteiger partial charge is 0.254 e. The quantitative estimate of drug-likeness (QED) is 0.734. The van der Waals surface area contributed by atoms with Crippen LogP contribution in [0.25, 0.3) is 0 Å². The van der Waals surface area contributed by atoms with Crippen LogP contribution in [0.15, 0.2) is 24.3 Å². The Morgan fingerprint density at radius 1 is 1.38 bits per heavy atom. The lowest BCUT2D eigenvalue weighted by molar-refractivity contribution is -0.129. The third-order valence-electron chi connectivity index (χ3n) is 2.72. The van der Waals surface area contributed by atoms with Crippen LogP contribution in [-0.2, 0) is 11.3 Å². The number of hydrogen-bond donors (Lipinski definition) is 0. The Morgan fingerprint density at radius 3 is 2.69 bits per heavy atom. The van der Waals surface area contributed by atoms with Crippen LogP contribution in [0, 0.1) is 0 Å². The number of fused-ring (bicyclic) bond motifs is 1. The summed E-state index contributed by atoms with van der Waals surface area (Å²) in [6.45, 7) is 0.690. The second-order valence-electron chi connectivity index (χ2n) is 4.11. The van der Waals surface area contributed by atoms with E-state index in [0.29, 0.717) is 12.1 Å². The highest BCUT2D eigenvalue weighted by Crippen LogP contribution is 2.21. The van der Waals surface area contributed by atoms with E-state index in [0.717, 1.165) is 5.56 Å². The standard InChI is InChI=1S/C12H14N2O2/c1-13(2)11(15)8-14-7-9-5-3-4-6-10(9)12(14)16/h3-6H,7-8H2,1-2H3. The van der Waals surface area contributed by atoms with Crippen LogP contribution in [0.3, 0.4) is 0 Å². The molecule has 84 valence electrons. The van der Waals surface area contributed by atoms with E-state index in [4.69, 9.17) is 0 Å². The van der Waals surface area contributed by atoms with E-state index >= 15 is 0 Å². The molecule has 0 unspecified atom stereocenters.